The first kappa shape index (κ1) is 16.2. The van der Waals surface area contributed by atoms with E-state index in [-0.39, 0.29) is 0 Å². The molecule has 0 N–H and O–H groups in total. The SMILES string of the molecule is CC(C)[Si](c1cc(Br)c(I)s1)(C(C)C)C(C)C. The lowest BCUT2D eigenvalue weighted by atomic mass is 10.5. The van der Waals surface area contributed by atoms with Crippen molar-refractivity contribution in [2.75, 3.05) is 0 Å². The molecule has 0 aliphatic heterocycles. The third-order valence-electron chi connectivity index (χ3n) is 3.94. The molecule has 0 nitrogen and oxygen atoms in total. The van der Waals surface area contributed by atoms with E-state index in [0.29, 0.717) is 0 Å². The Kier molecular flexibility index (Phi) is 5.76. The molecule has 0 aliphatic rings. The molecule has 98 valence electrons. The minimum absolute atomic E-state index is 0.795. The Hall–Kier alpha value is 1.13. The summed E-state index contributed by atoms with van der Waals surface area (Å²) in [6.07, 6.45) is 0. The van der Waals surface area contributed by atoms with Crippen LogP contribution in [0.25, 0.3) is 0 Å². The minimum atomic E-state index is -1.43. The van der Waals surface area contributed by atoms with Gasteiger partial charge in [0.25, 0.3) is 0 Å². The normalized spacial score (nSPS) is 13.1. The van der Waals surface area contributed by atoms with Gasteiger partial charge in [-0.25, -0.2) is 0 Å². The van der Waals surface area contributed by atoms with Crippen molar-refractivity contribution in [1.29, 1.82) is 0 Å². The van der Waals surface area contributed by atoms with E-state index in [4.69, 9.17) is 0 Å². The van der Waals surface area contributed by atoms with Gasteiger partial charge < -0.3 is 0 Å². The second-order valence-corrected chi connectivity index (χ2v) is 15.6. The van der Waals surface area contributed by atoms with Crippen LogP contribution in [0.2, 0.25) is 16.6 Å². The molecule has 0 saturated carbocycles. The third-order valence-corrected chi connectivity index (χ3v) is 15.6. The van der Waals surface area contributed by atoms with E-state index in [9.17, 15) is 0 Å². The third kappa shape index (κ3) is 2.84. The molecular formula is C13H22BrISSi. The monoisotopic (exact) mass is 444 g/mol. The molecule has 1 heterocycles. The van der Waals surface area contributed by atoms with Crippen molar-refractivity contribution >= 4 is 62.4 Å². The molecular weight excluding hydrogens is 423 g/mol. The highest BCUT2D eigenvalue weighted by molar-refractivity contribution is 14.1. The van der Waals surface area contributed by atoms with Gasteiger partial charge in [-0.3, -0.25) is 0 Å². The van der Waals surface area contributed by atoms with Crippen LogP contribution < -0.4 is 4.50 Å². The number of hydrogen-bond acceptors (Lipinski definition) is 1. The van der Waals surface area contributed by atoms with E-state index < -0.39 is 8.07 Å². The summed E-state index contributed by atoms with van der Waals surface area (Å²) in [4.78, 5) is 0. The number of halogens is 2. The summed E-state index contributed by atoms with van der Waals surface area (Å²) in [6, 6.07) is 2.40. The van der Waals surface area contributed by atoms with Crippen molar-refractivity contribution in [3.8, 4) is 0 Å². The molecule has 0 bridgehead atoms. The summed E-state index contributed by atoms with van der Waals surface area (Å²) < 4.78 is 4.36. The summed E-state index contributed by atoms with van der Waals surface area (Å²) in [6.45, 7) is 14.5. The van der Waals surface area contributed by atoms with Gasteiger partial charge in [-0.2, -0.15) is 0 Å². The lowest BCUT2D eigenvalue weighted by molar-refractivity contribution is 0.837. The number of hydrogen-bond donors (Lipinski definition) is 0. The maximum Gasteiger partial charge on any atom is 0.107 e. The van der Waals surface area contributed by atoms with Gasteiger partial charge in [-0.1, -0.05) is 41.5 Å². The molecule has 0 amide bonds. The summed E-state index contributed by atoms with van der Waals surface area (Å²) in [7, 11) is -1.43. The molecule has 1 aromatic heterocycles. The van der Waals surface area contributed by atoms with E-state index in [1.165, 1.54) is 7.36 Å². The molecule has 0 radical (unpaired) electrons. The van der Waals surface area contributed by atoms with Crippen LogP contribution in [0.1, 0.15) is 41.5 Å². The lowest BCUT2D eigenvalue weighted by Crippen LogP contribution is -2.54. The zero-order valence-corrected chi connectivity index (χ0v) is 17.0. The summed E-state index contributed by atoms with van der Waals surface area (Å²) in [5.74, 6) is 0. The van der Waals surface area contributed by atoms with Gasteiger partial charge >= 0.3 is 0 Å². The fourth-order valence-corrected chi connectivity index (χ4v) is 15.5. The van der Waals surface area contributed by atoms with E-state index in [0.717, 1.165) is 16.6 Å². The van der Waals surface area contributed by atoms with E-state index >= 15 is 0 Å². The maximum atomic E-state index is 3.68. The van der Waals surface area contributed by atoms with Crippen molar-refractivity contribution in [1.82, 2.24) is 0 Å². The smallest absolute Gasteiger partial charge is 0.107 e. The van der Waals surface area contributed by atoms with Crippen molar-refractivity contribution in [3.05, 3.63) is 13.4 Å². The Labute approximate surface area is 133 Å². The first-order valence-corrected chi connectivity index (χ1v) is 11.1. The summed E-state index contributed by atoms with van der Waals surface area (Å²) in [5, 5.41) is 0. The molecule has 1 rings (SSSR count). The molecule has 0 spiro atoms. The Morgan fingerprint density at radius 1 is 1.06 bits per heavy atom. The Morgan fingerprint density at radius 3 is 1.71 bits per heavy atom. The first-order valence-electron chi connectivity index (χ1n) is 6.19. The van der Waals surface area contributed by atoms with Crippen LogP contribution in [-0.4, -0.2) is 8.07 Å². The van der Waals surface area contributed by atoms with E-state index in [1.54, 1.807) is 4.50 Å². The molecule has 0 atom stereocenters. The van der Waals surface area contributed by atoms with Crippen LogP contribution in [0.4, 0.5) is 0 Å². The van der Waals surface area contributed by atoms with E-state index in [1.807, 2.05) is 11.3 Å². The number of rotatable bonds is 4. The van der Waals surface area contributed by atoms with E-state index in [2.05, 4.69) is 86.1 Å². The predicted molar refractivity (Wildman–Crippen MR) is 95.4 cm³/mol. The second kappa shape index (κ2) is 6.05. The molecule has 0 saturated heterocycles. The molecule has 0 aliphatic carbocycles. The highest BCUT2D eigenvalue weighted by Gasteiger charge is 2.45. The predicted octanol–water partition coefficient (Wildman–Crippen LogP) is 6.00. The van der Waals surface area contributed by atoms with Crippen LogP contribution in [0.3, 0.4) is 0 Å². The van der Waals surface area contributed by atoms with Gasteiger partial charge in [-0.05, 0) is 65.7 Å². The van der Waals surface area contributed by atoms with Crippen LogP contribution in [0.5, 0.6) is 0 Å². The zero-order chi connectivity index (χ0) is 13.4. The fourth-order valence-electron chi connectivity index (χ4n) is 3.41. The lowest BCUT2D eigenvalue weighted by Gasteiger charge is -2.42. The first-order chi connectivity index (χ1) is 7.74. The van der Waals surface area contributed by atoms with Gasteiger partial charge in [0.2, 0.25) is 0 Å². The Morgan fingerprint density at radius 2 is 1.47 bits per heavy atom. The standard InChI is InChI=1S/C13H22BrISSi/c1-8(2)17(9(3)4,10(5)6)12-7-11(14)13(15)16-12/h7-10H,1-6H3. The van der Waals surface area contributed by atoms with Gasteiger partial charge in [0.05, 0.1) is 2.88 Å². The van der Waals surface area contributed by atoms with Crippen LogP contribution in [-0.2, 0) is 0 Å². The molecule has 0 unspecified atom stereocenters. The average Bonchev–Trinajstić information content (AvgIpc) is 2.45. The summed E-state index contributed by atoms with van der Waals surface area (Å²) >= 11 is 8.14. The van der Waals surface area contributed by atoms with Gasteiger partial charge in [-0.15, -0.1) is 11.3 Å². The second-order valence-electron chi connectivity index (χ2n) is 5.63. The van der Waals surface area contributed by atoms with Crippen LogP contribution in [0, 0.1) is 2.88 Å². The largest absolute Gasteiger partial charge is 0.138 e. The molecule has 1 aromatic rings. The molecule has 0 aromatic carbocycles. The molecule has 17 heavy (non-hydrogen) atoms. The maximum absolute atomic E-state index is 3.68. The average molecular weight is 445 g/mol. The van der Waals surface area contributed by atoms with Gasteiger partial charge in [0.1, 0.15) is 8.07 Å². The zero-order valence-electron chi connectivity index (χ0n) is 11.5. The fraction of sp³-hybridized carbons (Fsp3) is 0.692. The van der Waals surface area contributed by atoms with Crippen molar-refractivity contribution in [2.45, 2.75) is 58.2 Å². The summed E-state index contributed by atoms with van der Waals surface area (Å²) in [5.41, 5.74) is 2.39. The quantitative estimate of drug-likeness (QED) is 0.394. The topological polar surface area (TPSA) is 0 Å². The number of thiophene rings is 1. The van der Waals surface area contributed by atoms with Crippen LogP contribution in [0.15, 0.2) is 10.5 Å². The minimum Gasteiger partial charge on any atom is -0.138 e. The molecule has 0 fully saturated rings. The highest BCUT2D eigenvalue weighted by Crippen LogP contribution is 2.43. The molecule has 4 heteroatoms. The Bertz CT molecular complexity index is 343. The van der Waals surface area contributed by atoms with Crippen molar-refractivity contribution < 1.29 is 0 Å². The van der Waals surface area contributed by atoms with Gasteiger partial charge in [0, 0.05) is 4.47 Å². The van der Waals surface area contributed by atoms with Gasteiger partial charge in [0.15, 0.2) is 0 Å². The van der Waals surface area contributed by atoms with Crippen molar-refractivity contribution in [3.63, 3.8) is 0 Å². The van der Waals surface area contributed by atoms with Crippen LogP contribution >= 0.6 is 49.9 Å². The van der Waals surface area contributed by atoms with Crippen molar-refractivity contribution in [2.24, 2.45) is 0 Å². The Balaban J connectivity index is 3.41. The highest BCUT2D eigenvalue weighted by atomic mass is 127.